The van der Waals surface area contributed by atoms with Gasteiger partial charge >= 0.3 is 5.69 Å². The van der Waals surface area contributed by atoms with Crippen LogP contribution in [0.4, 0.5) is 5.95 Å². The molecule has 1 aliphatic rings. The van der Waals surface area contributed by atoms with Gasteiger partial charge in [-0.3, -0.25) is 33.8 Å². The van der Waals surface area contributed by atoms with Gasteiger partial charge in [-0.2, -0.15) is 4.98 Å². The van der Waals surface area contributed by atoms with E-state index in [0.29, 0.717) is 76.3 Å². The fourth-order valence-electron chi connectivity index (χ4n) is 8.62. The summed E-state index contributed by atoms with van der Waals surface area (Å²) < 4.78 is 22.6. The highest BCUT2D eigenvalue weighted by atomic mass is 16.5. The summed E-state index contributed by atoms with van der Waals surface area (Å²) in [5.74, 6) is 0.854. The summed E-state index contributed by atoms with van der Waals surface area (Å²) in [6.45, 7) is 17.0. The maximum absolute atomic E-state index is 13.1. The molecule has 5 aromatic rings. The molecule has 348 valence electrons. The molecule has 15 heteroatoms. The van der Waals surface area contributed by atoms with Gasteiger partial charge in [0.2, 0.25) is 18.3 Å². The maximum Gasteiger partial charge on any atom is 0.329 e. The van der Waals surface area contributed by atoms with Gasteiger partial charge in [0.15, 0.2) is 0 Å². The van der Waals surface area contributed by atoms with Crippen LogP contribution in [0.2, 0.25) is 0 Å². The highest BCUT2D eigenvalue weighted by molar-refractivity contribution is 5.94. The number of amides is 2. The minimum Gasteiger partial charge on any atom is -0.379 e. The largest absolute Gasteiger partial charge is 0.379 e. The van der Waals surface area contributed by atoms with E-state index in [2.05, 4.69) is 81.3 Å². The number of benzene rings is 2. The summed E-state index contributed by atoms with van der Waals surface area (Å²) in [6.07, 6.45) is 11.8. The number of nitrogens with one attached hydrogen (secondary N) is 2. The standard InChI is InChI=1S/C49H71N9O6/c1-6-12-44(47(60)52-36-59)58-43-19-16-38(31-45(43)55(5)49(58)61)13-10-9-11-25-62-27-29-64-30-28-63-26-24-56-20-22-57(23-21-56)34-39-14-17-40(18-15-39)42-35-54(4)46-41(42)33-51-48(53-46)50-32-37(7-2)8-3/h14-19,31,33,35-37,44H,6-13,20-30,32,34H2,1-5H3,(H,50,51,53)(H,52,59,60). The van der Waals surface area contributed by atoms with Crippen molar-refractivity contribution in [2.24, 2.45) is 20.0 Å². The lowest BCUT2D eigenvalue weighted by molar-refractivity contribution is -0.128. The number of imide groups is 1. The number of unbranched alkanes of at least 4 members (excludes halogenated alkanes) is 2. The predicted molar refractivity (Wildman–Crippen MR) is 254 cm³/mol. The Hall–Kier alpha value is -4.93. The van der Waals surface area contributed by atoms with Crippen molar-refractivity contribution in [2.45, 2.75) is 84.7 Å². The van der Waals surface area contributed by atoms with Crippen molar-refractivity contribution in [3.63, 3.8) is 0 Å². The van der Waals surface area contributed by atoms with Crippen LogP contribution in [0.3, 0.4) is 0 Å². The molecule has 64 heavy (non-hydrogen) atoms. The molecule has 1 atom stereocenters. The van der Waals surface area contributed by atoms with Gasteiger partial charge in [-0.15, -0.1) is 0 Å². The molecule has 2 amide bonds. The summed E-state index contributed by atoms with van der Waals surface area (Å²) in [4.78, 5) is 51.1. The van der Waals surface area contributed by atoms with E-state index in [9.17, 15) is 14.4 Å². The van der Waals surface area contributed by atoms with Crippen molar-refractivity contribution in [3.05, 3.63) is 76.5 Å². The Kier molecular flexibility index (Phi) is 18.9. The van der Waals surface area contributed by atoms with Gasteiger partial charge in [0.1, 0.15) is 11.7 Å². The summed E-state index contributed by atoms with van der Waals surface area (Å²) in [7, 11) is 3.77. The van der Waals surface area contributed by atoms with Crippen molar-refractivity contribution < 1.29 is 23.8 Å². The van der Waals surface area contributed by atoms with Crippen LogP contribution >= 0.6 is 0 Å². The van der Waals surface area contributed by atoms with Crippen LogP contribution in [-0.2, 0) is 50.9 Å². The molecule has 3 aromatic heterocycles. The van der Waals surface area contributed by atoms with Crippen molar-refractivity contribution in [3.8, 4) is 11.1 Å². The third-order valence-corrected chi connectivity index (χ3v) is 12.6. The monoisotopic (exact) mass is 882 g/mol. The molecule has 2 aromatic carbocycles. The van der Waals surface area contributed by atoms with Crippen LogP contribution < -0.4 is 16.3 Å². The van der Waals surface area contributed by atoms with E-state index in [1.165, 1.54) is 15.7 Å². The van der Waals surface area contributed by atoms with Gasteiger partial charge < -0.3 is 24.1 Å². The Morgan fingerprint density at radius 3 is 2.22 bits per heavy atom. The number of carbonyl (C=O) groups is 2. The van der Waals surface area contributed by atoms with E-state index in [4.69, 9.17) is 19.2 Å². The minimum atomic E-state index is -0.732. The van der Waals surface area contributed by atoms with Crippen molar-refractivity contribution in [2.75, 3.05) is 84.2 Å². The van der Waals surface area contributed by atoms with E-state index < -0.39 is 11.9 Å². The van der Waals surface area contributed by atoms with E-state index in [1.54, 1.807) is 11.6 Å². The zero-order valence-corrected chi connectivity index (χ0v) is 38.9. The number of piperazine rings is 1. The van der Waals surface area contributed by atoms with Gasteiger partial charge in [0.05, 0.1) is 44.1 Å². The number of ether oxygens (including phenoxy) is 3. The molecular formula is C49H71N9O6. The number of fused-ring (bicyclic) bond motifs is 2. The van der Waals surface area contributed by atoms with Crippen molar-refractivity contribution >= 4 is 40.3 Å². The molecule has 1 saturated heterocycles. The number of carbonyl (C=O) groups excluding carboxylic acids is 2. The van der Waals surface area contributed by atoms with Crippen LogP contribution in [-0.4, -0.2) is 125 Å². The molecule has 15 nitrogen and oxygen atoms in total. The molecule has 0 spiro atoms. The van der Waals surface area contributed by atoms with Crippen LogP contribution in [0.15, 0.2) is 59.7 Å². The highest BCUT2D eigenvalue weighted by Gasteiger charge is 2.25. The summed E-state index contributed by atoms with van der Waals surface area (Å²) in [6, 6.07) is 14.2. The van der Waals surface area contributed by atoms with Gasteiger partial charge in [0.25, 0.3) is 0 Å². The normalized spacial score (nSPS) is 14.2. The third-order valence-electron chi connectivity index (χ3n) is 12.6. The summed E-state index contributed by atoms with van der Waals surface area (Å²) in [5, 5.41) is 6.72. The van der Waals surface area contributed by atoms with Crippen LogP contribution in [0.5, 0.6) is 0 Å². The van der Waals surface area contributed by atoms with Crippen LogP contribution in [0, 0.1) is 5.92 Å². The molecular weight excluding hydrogens is 811 g/mol. The first kappa shape index (κ1) is 48.5. The number of hydrogen-bond donors (Lipinski definition) is 2. The Morgan fingerprint density at radius 2 is 1.52 bits per heavy atom. The van der Waals surface area contributed by atoms with Gasteiger partial charge in [-0.1, -0.05) is 76.8 Å². The quantitative estimate of drug-likeness (QED) is 0.0429. The Labute approximate surface area is 378 Å². The molecule has 2 N–H and O–H groups in total. The summed E-state index contributed by atoms with van der Waals surface area (Å²) in [5.41, 5.74) is 6.96. The molecule has 1 fully saturated rings. The first-order valence-electron chi connectivity index (χ1n) is 23.5. The molecule has 0 bridgehead atoms. The zero-order valence-electron chi connectivity index (χ0n) is 38.9. The van der Waals surface area contributed by atoms with Crippen LogP contribution in [0.1, 0.15) is 82.9 Å². The fourth-order valence-corrected chi connectivity index (χ4v) is 8.62. The number of aryl methyl sites for hydroxylation is 3. The second-order valence-corrected chi connectivity index (χ2v) is 17.1. The summed E-state index contributed by atoms with van der Waals surface area (Å²) >= 11 is 0. The molecule has 0 saturated carbocycles. The second kappa shape index (κ2) is 24.9. The average molecular weight is 882 g/mol. The van der Waals surface area contributed by atoms with Crippen molar-refractivity contribution in [1.82, 2.24) is 38.8 Å². The average Bonchev–Trinajstić information content (AvgIpc) is 3.77. The van der Waals surface area contributed by atoms with Crippen LogP contribution in [0.25, 0.3) is 33.2 Å². The minimum absolute atomic E-state index is 0.263. The molecule has 1 aliphatic heterocycles. The predicted octanol–water partition coefficient (Wildman–Crippen LogP) is 6.33. The number of rotatable bonds is 28. The smallest absolute Gasteiger partial charge is 0.329 e. The van der Waals surface area contributed by atoms with E-state index in [-0.39, 0.29) is 5.69 Å². The fraction of sp³-hybridized carbons (Fsp3) is 0.571. The molecule has 1 unspecified atom stereocenters. The zero-order chi connectivity index (χ0) is 45.3. The lowest BCUT2D eigenvalue weighted by atomic mass is 10.0. The number of imidazole rings is 1. The molecule has 0 radical (unpaired) electrons. The van der Waals surface area contributed by atoms with Crippen molar-refractivity contribution in [1.29, 1.82) is 0 Å². The first-order valence-corrected chi connectivity index (χ1v) is 23.5. The van der Waals surface area contributed by atoms with Gasteiger partial charge in [-0.25, -0.2) is 9.78 Å². The molecule has 4 heterocycles. The highest BCUT2D eigenvalue weighted by Crippen LogP contribution is 2.30. The van der Waals surface area contributed by atoms with Gasteiger partial charge in [-0.05, 0) is 60.4 Å². The van der Waals surface area contributed by atoms with E-state index in [0.717, 1.165) is 112 Å². The first-order chi connectivity index (χ1) is 31.2. The topological polar surface area (TPSA) is 150 Å². The Morgan fingerprint density at radius 1 is 0.828 bits per heavy atom. The molecule has 0 aliphatic carbocycles. The lowest BCUT2D eigenvalue weighted by Gasteiger charge is -2.34. The van der Waals surface area contributed by atoms with E-state index in [1.807, 2.05) is 31.3 Å². The number of anilines is 1. The maximum atomic E-state index is 13.1. The lowest BCUT2D eigenvalue weighted by Crippen LogP contribution is -2.46. The SMILES string of the molecule is CCCC(C(=O)NC=O)n1c(=O)n(C)c2cc(CCCCCOCCOCCOCCN3CCN(Cc4ccc(-c5cn(C)c6nc(NCC(CC)CC)ncc56)cc4)CC3)ccc21. The second-order valence-electron chi connectivity index (χ2n) is 17.1. The Bertz CT molecular complexity index is 2270. The Balaban J connectivity index is 0.779. The van der Waals surface area contributed by atoms with Gasteiger partial charge in [0, 0.05) is 89.9 Å². The number of aromatic nitrogens is 5. The number of hydrogen-bond acceptors (Lipinski definition) is 11. The third kappa shape index (κ3) is 13.1. The molecule has 6 rings (SSSR count). The van der Waals surface area contributed by atoms with E-state index >= 15 is 0 Å². The number of nitrogens with zero attached hydrogens (tertiary/aromatic N) is 7.